The molecule has 0 saturated heterocycles. The fourth-order valence-electron chi connectivity index (χ4n) is 3.01. The van der Waals surface area contributed by atoms with Crippen LogP contribution < -0.4 is 14.8 Å². The van der Waals surface area contributed by atoms with Gasteiger partial charge in [0.25, 0.3) is 5.91 Å². The van der Waals surface area contributed by atoms with E-state index in [1.165, 1.54) is 23.5 Å². The third kappa shape index (κ3) is 4.13. The van der Waals surface area contributed by atoms with Gasteiger partial charge >= 0.3 is 0 Å². The Balaban J connectivity index is 1.37. The highest BCUT2D eigenvalue weighted by atomic mass is 32.1. The number of aryl methyl sites for hydroxylation is 1. The molecule has 0 saturated carbocycles. The van der Waals surface area contributed by atoms with E-state index in [9.17, 15) is 9.18 Å². The van der Waals surface area contributed by atoms with E-state index in [0.717, 1.165) is 22.7 Å². The number of benzene rings is 2. The molecule has 0 aliphatic rings. The molecule has 4 rings (SSSR count). The maximum Gasteiger partial charge on any atom is 0.263 e. The highest BCUT2D eigenvalue weighted by Crippen LogP contribution is 2.27. The third-order valence-corrected chi connectivity index (χ3v) is 5.77. The minimum absolute atomic E-state index is 0.162. The molecule has 0 unspecified atom stereocenters. The first-order valence-electron chi connectivity index (χ1n) is 9.34. The highest BCUT2D eigenvalue weighted by Gasteiger charge is 2.18. The van der Waals surface area contributed by atoms with Crippen LogP contribution in [0.1, 0.15) is 15.4 Å². The molecule has 0 spiro atoms. The van der Waals surface area contributed by atoms with Gasteiger partial charge < -0.3 is 14.8 Å². The van der Waals surface area contributed by atoms with Gasteiger partial charge in [-0.2, -0.15) is 0 Å². The fraction of sp³-hybridized carbons (Fsp3) is 0.182. The van der Waals surface area contributed by atoms with Crippen LogP contribution >= 0.6 is 11.3 Å². The maximum absolute atomic E-state index is 13.1. The molecule has 0 bridgehead atoms. The minimum Gasteiger partial charge on any atom is -0.497 e. The van der Waals surface area contributed by atoms with Crippen molar-refractivity contribution in [3.63, 3.8) is 0 Å². The Morgan fingerprint density at radius 1 is 1.13 bits per heavy atom. The monoisotopic (exact) mass is 425 g/mol. The van der Waals surface area contributed by atoms with Crippen LogP contribution in [-0.4, -0.2) is 35.6 Å². The van der Waals surface area contributed by atoms with E-state index < -0.39 is 0 Å². The Labute approximate surface area is 176 Å². The molecule has 6 nitrogen and oxygen atoms in total. The summed E-state index contributed by atoms with van der Waals surface area (Å²) >= 11 is 1.32. The molecule has 0 aliphatic carbocycles. The predicted molar refractivity (Wildman–Crippen MR) is 114 cm³/mol. The van der Waals surface area contributed by atoms with Crippen LogP contribution in [0.4, 0.5) is 4.39 Å². The molecule has 4 aromatic rings. The summed E-state index contributed by atoms with van der Waals surface area (Å²) in [5.74, 6) is 1.02. The number of nitrogens with one attached hydrogen (secondary N) is 1. The van der Waals surface area contributed by atoms with E-state index in [1.807, 2.05) is 41.8 Å². The predicted octanol–water partition coefficient (Wildman–Crippen LogP) is 4.33. The zero-order valence-electron chi connectivity index (χ0n) is 16.5. The average Bonchev–Trinajstić information content (AvgIpc) is 3.31. The number of imidazole rings is 1. The zero-order valence-corrected chi connectivity index (χ0v) is 17.3. The SMILES string of the molecule is COc1ccc(OCCNC(=O)c2sc3nc(-c4ccc(F)cc4)cn3c2C)cc1. The van der Waals surface area contributed by atoms with Gasteiger partial charge in [0.05, 0.1) is 19.3 Å². The van der Waals surface area contributed by atoms with Crippen molar-refractivity contribution in [2.75, 3.05) is 20.3 Å². The average molecular weight is 425 g/mol. The molecule has 0 aliphatic heterocycles. The van der Waals surface area contributed by atoms with E-state index in [2.05, 4.69) is 10.3 Å². The van der Waals surface area contributed by atoms with Gasteiger partial charge in [-0.25, -0.2) is 9.37 Å². The molecule has 1 amide bonds. The quantitative estimate of drug-likeness (QED) is 0.448. The smallest absolute Gasteiger partial charge is 0.263 e. The van der Waals surface area contributed by atoms with Crippen LogP contribution in [0.25, 0.3) is 16.2 Å². The second kappa shape index (κ2) is 8.54. The number of hydrogen-bond donors (Lipinski definition) is 1. The van der Waals surface area contributed by atoms with Crippen molar-refractivity contribution in [1.82, 2.24) is 14.7 Å². The van der Waals surface area contributed by atoms with E-state index in [1.54, 1.807) is 19.2 Å². The lowest BCUT2D eigenvalue weighted by Crippen LogP contribution is -2.28. The van der Waals surface area contributed by atoms with E-state index >= 15 is 0 Å². The minimum atomic E-state index is -0.286. The first-order chi connectivity index (χ1) is 14.5. The Morgan fingerprint density at radius 3 is 2.50 bits per heavy atom. The van der Waals surface area contributed by atoms with Crippen LogP contribution in [0.5, 0.6) is 11.5 Å². The number of fused-ring (bicyclic) bond motifs is 1. The second-order valence-electron chi connectivity index (χ2n) is 6.58. The Morgan fingerprint density at radius 2 is 1.83 bits per heavy atom. The number of amides is 1. The second-order valence-corrected chi connectivity index (χ2v) is 7.56. The number of aromatic nitrogens is 2. The van der Waals surface area contributed by atoms with Gasteiger partial charge in [0.1, 0.15) is 28.8 Å². The number of carbonyl (C=O) groups excluding carboxylic acids is 1. The molecule has 0 fully saturated rings. The molecule has 2 aromatic carbocycles. The third-order valence-electron chi connectivity index (χ3n) is 4.62. The first kappa shape index (κ1) is 19.9. The first-order valence-corrected chi connectivity index (χ1v) is 10.2. The standard InChI is InChI=1S/C22H20FN3O3S/c1-14-20(21(27)24-11-12-29-18-9-7-17(28-2)8-10-18)30-22-25-19(13-26(14)22)15-3-5-16(23)6-4-15/h3-10,13H,11-12H2,1-2H3,(H,24,27). The van der Waals surface area contributed by atoms with Crippen molar-refractivity contribution in [1.29, 1.82) is 0 Å². The summed E-state index contributed by atoms with van der Waals surface area (Å²) in [7, 11) is 1.61. The molecule has 0 radical (unpaired) electrons. The van der Waals surface area contributed by atoms with E-state index in [0.29, 0.717) is 28.7 Å². The maximum atomic E-state index is 13.1. The number of thiazole rings is 1. The molecule has 0 atom stereocenters. The lowest BCUT2D eigenvalue weighted by Gasteiger charge is -2.08. The highest BCUT2D eigenvalue weighted by molar-refractivity contribution is 7.19. The molecule has 2 aromatic heterocycles. The van der Waals surface area contributed by atoms with Crippen LogP contribution in [0.3, 0.4) is 0 Å². The van der Waals surface area contributed by atoms with Gasteiger partial charge in [0, 0.05) is 17.5 Å². The number of carbonyl (C=O) groups is 1. The van der Waals surface area contributed by atoms with E-state index in [-0.39, 0.29) is 11.7 Å². The van der Waals surface area contributed by atoms with E-state index in [4.69, 9.17) is 9.47 Å². The Kier molecular flexibility index (Phi) is 5.67. The summed E-state index contributed by atoms with van der Waals surface area (Å²) in [6.07, 6.45) is 1.86. The molecule has 30 heavy (non-hydrogen) atoms. The van der Waals surface area contributed by atoms with Crippen molar-refractivity contribution in [2.24, 2.45) is 0 Å². The van der Waals surface area contributed by atoms with Gasteiger partial charge in [-0.3, -0.25) is 9.20 Å². The number of halogens is 1. The van der Waals surface area contributed by atoms with Crippen LogP contribution in [0.15, 0.2) is 54.7 Å². The van der Waals surface area contributed by atoms with Crippen LogP contribution in [-0.2, 0) is 0 Å². The number of ether oxygens (including phenoxy) is 2. The zero-order chi connectivity index (χ0) is 21.1. The fourth-order valence-corrected chi connectivity index (χ4v) is 4.03. The van der Waals surface area contributed by atoms with Crippen molar-refractivity contribution in [2.45, 2.75) is 6.92 Å². The molecule has 8 heteroatoms. The summed E-state index contributed by atoms with van der Waals surface area (Å²) in [6.45, 7) is 2.61. The Bertz CT molecular complexity index is 1170. The summed E-state index contributed by atoms with van der Waals surface area (Å²) in [5.41, 5.74) is 2.38. The number of nitrogens with zero attached hydrogens (tertiary/aromatic N) is 2. The summed E-state index contributed by atoms with van der Waals surface area (Å²) in [5, 5.41) is 2.87. The van der Waals surface area contributed by atoms with Crippen LogP contribution in [0.2, 0.25) is 0 Å². The normalized spacial score (nSPS) is 10.9. The van der Waals surface area contributed by atoms with Gasteiger partial charge in [-0.05, 0) is 55.5 Å². The molecule has 154 valence electrons. The molecule has 2 heterocycles. The molecular weight excluding hydrogens is 405 g/mol. The largest absolute Gasteiger partial charge is 0.497 e. The van der Waals surface area contributed by atoms with Crippen LogP contribution in [0, 0.1) is 12.7 Å². The lowest BCUT2D eigenvalue weighted by molar-refractivity contribution is 0.0950. The summed E-state index contributed by atoms with van der Waals surface area (Å²) < 4.78 is 25.7. The van der Waals surface area contributed by atoms with Gasteiger partial charge in [0.15, 0.2) is 4.96 Å². The van der Waals surface area contributed by atoms with Gasteiger partial charge in [0.2, 0.25) is 0 Å². The van der Waals surface area contributed by atoms with Gasteiger partial charge in [-0.15, -0.1) is 0 Å². The lowest BCUT2D eigenvalue weighted by atomic mass is 10.2. The molecule has 1 N–H and O–H groups in total. The summed E-state index contributed by atoms with van der Waals surface area (Å²) in [6, 6.07) is 13.5. The van der Waals surface area contributed by atoms with Crippen molar-refractivity contribution >= 4 is 22.2 Å². The topological polar surface area (TPSA) is 64.9 Å². The van der Waals surface area contributed by atoms with Crippen molar-refractivity contribution < 1.29 is 18.7 Å². The van der Waals surface area contributed by atoms with Crippen molar-refractivity contribution in [3.05, 3.63) is 71.1 Å². The number of methoxy groups -OCH3 is 1. The summed E-state index contributed by atoms with van der Waals surface area (Å²) in [4.78, 5) is 18.5. The molecular formula is C22H20FN3O3S. The Hall–Kier alpha value is -3.39. The van der Waals surface area contributed by atoms with Crippen molar-refractivity contribution in [3.8, 4) is 22.8 Å². The van der Waals surface area contributed by atoms with Gasteiger partial charge in [-0.1, -0.05) is 11.3 Å². The number of hydrogen-bond acceptors (Lipinski definition) is 5. The number of rotatable bonds is 7.